The molecule has 2 aliphatic rings. The lowest BCUT2D eigenvalue weighted by Gasteiger charge is -2.38. The summed E-state index contributed by atoms with van der Waals surface area (Å²) in [5.74, 6) is -0.405. The topological polar surface area (TPSA) is 81.9 Å². The number of likely N-dealkylation sites (tertiary alicyclic amines) is 1. The molecule has 1 aromatic carbocycles. The number of ether oxygens (including phenoxy) is 2. The van der Waals surface area contributed by atoms with Crippen LogP contribution >= 0.6 is 11.8 Å². The molecular weight excluding hydrogens is 332 g/mol. The Kier molecular flexibility index (Phi) is 5.07. The fraction of sp³-hybridized carbons (Fsp3) is 0.562. The van der Waals surface area contributed by atoms with Crippen LogP contribution in [-0.2, 0) is 14.3 Å². The number of carbonyl (C=O) groups excluding carboxylic acids is 1. The molecule has 2 aliphatic heterocycles. The van der Waals surface area contributed by atoms with Crippen molar-refractivity contribution in [3.05, 3.63) is 34.4 Å². The maximum Gasteiger partial charge on any atom is 0.269 e. The van der Waals surface area contributed by atoms with Gasteiger partial charge in [0, 0.05) is 43.0 Å². The van der Waals surface area contributed by atoms with Gasteiger partial charge in [-0.05, 0) is 19.1 Å². The van der Waals surface area contributed by atoms with Crippen molar-refractivity contribution in [2.24, 2.45) is 0 Å². The molecule has 1 spiro atoms. The number of amides is 1. The van der Waals surface area contributed by atoms with Crippen LogP contribution in [0.1, 0.15) is 19.8 Å². The van der Waals surface area contributed by atoms with Crippen molar-refractivity contribution in [3.8, 4) is 0 Å². The fourth-order valence-corrected chi connectivity index (χ4v) is 3.96. The molecule has 3 rings (SSSR count). The molecule has 0 radical (unpaired) electrons. The highest BCUT2D eigenvalue weighted by Gasteiger charge is 2.41. The molecule has 2 heterocycles. The van der Waals surface area contributed by atoms with Gasteiger partial charge in [-0.2, -0.15) is 0 Å². The zero-order chi connectivity index (χ0) is 17.2. The van der Waals surface area contributed by atoms with Crippen LogP contribution in [0, 0.1) is 10.1 Å². The van der Waals surface area contributed by atoms with E-state index in [9.17, 15) is 14.9 Å². The van der Waals surface area contributed by atoms with Crippen LogP contribution in [-0.4, -0.2) is 53.1 Å². The average molecular weight is 352 g/mol. The Labute approximate surface area is 144 Å². The van der Waals surface area contributed by atoms with Crippen LogP contribution in [0.3, 0.4) is 0 Å². The predicted octanol–water partition coefficient (Wildman–Crippen LogP) is 2.44. The van der Waals surface area contributed by atoms with E-state index in [0.29, 0.717) is 39.1 Å². The number of hydrogen-bond donors (Lipinski definition) is 0. The van der Waals surface area contributed by atoms with Gasteiger partial charge in [-0.25, -0.2) is 0 Å². The van der Waals surface area contributed by atoms with E-state index < -0.39 is 10.7 Å². The van der Waals surface area contributed by atoms with Gasteiger partial charge in [0.1, 0.15) is 0 Å². The van der Waals surface area contributed by atoms with Gasteiger partial charge in [-0.3, -0.25) is 14.9 Å². The molecule has 1 atom stereocenters. The first-order valence-corrected chi connectivity index (χ1v) is 8.85. The van der Waals surface area contributed by atoms with Crippen molar-refractivity contribution in [1.82, 2.24) is 4.90 Å². The van der Waals surface area contributed by atoms with Crippen molar-refractivity contribution in [2.75, 3.05) is 26.3 Å². The molecule has 2 fully saturated rings. The number of nitro groups is 1. The normalized spacial score (nSPS) is 21.0. The van der Waals surface area contributed by atoms with E-state index in [1.165, 1.54) is 23.9 Å². The average Bonchev–Trinajstić information content (AvgIpc) is 3.03. The maximum atomic E-state index is 12.6. The predicted molar refractivity (Wildman–Crippen MR) is 88.9 cm³/mol. The van der Waals surface area contributed by atoms with E-state index in [1.54, 1.807) is 12.1 Å². The molecule has 1 aromatic rings. The largest absolute Gasteiger partial charge is 0.347 e. The van der Waals surface area contributed by atoms with Gasteiger partial charge >= 0.3 is 0 Å². The molecule has 1 amide bonds. The van der Waals surface area contributed by atoms with Crippen molar-refractivity contribution >= 4 is 23.4 Å². The standard InChI is InChI=1S/C16H20N2O5S/c1-12(24-14-4-2-13(3-5-14)18(20)21)15(19)17-8-6-16(7-9-17)22-10-11-23-16/h2-5,12H,6-11H2,1H3. The Hall–Kier alpha value is -1.64. The van der Waals surface area contributed by atoms with Crippen molar-refractivity contribution in [1.29, 1.82) is 0 Å². The first-order valence-electron chi connectivity index (χ1n) is 7.97. The Morgan fingerprint density at radius 1 is 1.25 bits per heavy atom. The number of piperidine rings is 1. The van der Waals surface area contributed by atoms with Crippen LogP contribution in [0.25, 0.3) is 0 Å². The molecular formula is C16H20N2O5S. The monoisotopic (exact) mass is 352 g/mol. The molecule has 130 valence electrons. The van der Waals surface area contributed by atoms with Gasteiger partial charge in [0.15, 0.2) is 5.79 Å². The van der Waals surface area contributed by atoms with Crippen LogP contribution in [0.5, 0.6) is 0 Å². The summed E-state index contributed by atoms with van der Waals surface area (Å²) >= 11 is 1.41. The van der Waals surface area contributed by atoms with E-state index in [4.69, 9.17) is 9.47 Å². The summed E-state index contributed by atoms with van der Waals surface area (Å²) in [6, 6.07) is 6.27. The first kappa shape index (κ1) is 17.2. The fourth-order valence-electron chi connectivity index (χ4n) is 3.01. The smallest absolute Gasteiger partial charge is 0.269 e. The van der Waals surface area contributed by atoms with Crippen LogP contribution < -0.4 is 0 Å². The van der Waals surface area contributed by atoms with E-state index in [2.05, 4.69) is 0 Å². The minimum Gasteiger partial charge on any atom is -0.347 e. The SMILES string of the molecule is CC(Sc1ccc([N+](=O)[O-])cc1)C(=O)N1CCC2(CC1)OCCO2. The third kappa shape index (κ3) is 3.71. The van der Waals surface area contributed by atoms with Crippen LogP contribution in [0.4, 0.5) is 5.69 Å². The van der Waals surface area contributed by atoms with Crippen molar-refractivity contribution in [3.63, 3.8) is 0 Å². The number of benzene rings is 1. The summed E-state index contributed by atoms with van der Waals surface area (Å²) in [6.07, 6.45) is 1.40. The van der Waals surface area contributed by atoms with Crippen molar-refractivity contribution in [2.45, 2.75) is 35.7 Å². The number of rotatable bonds is 4. The molecule has 0 bridgehead atoms. The summed E-state index contributed by atoms with van der Waals surface area (Å²) in [7, 11) is 0. The van der Waals surface area contributed by atoms with Crippen molar-refractivity contribution < 1.29 is 19.2 Å². The second-order valence-electron chi connectivity index (χ2n) is 5.94. The molecule has 0 N–H and O–H groups in total. The summed E-state index contributed by atoms with van der Waals surface area (Å²) in [5.41, 5.74) is 0.0521. The molecule has 8 heteroatoms. The molecule has 2 saturated heterocycles. The minimum absolute atomic E-state index is 0.0521. The lowest BCUT2D eigenvalue weighted by Crippen LogP contribution is -2.49. The minimum atomic E-state index is -0.481. The van der Waals surface area contributed by atoms with E-state index in [-0.39, 0.29) is 16.8 Å². The molecule has 0 aliphatic carbocycles. The summed E-state index contributed by atoms with van der Waals surface area (Å²) in [6.45, 7) is 4.37. The number of non-ortho nitro benzene ring substituents is 1. The Bertz CT molecular complexity index is 605. The highest BCUT2D eigenvalue weighted by molar-refractivity contribution is 8.00. The lowest BCUT2D eigenvalue weighted by atomic mass is 10.0. The molecule has 0 aromatic heterocycles. The van der Waals surface area contributed by atoms with Gasteiger partial charge in [0.05, 0.1) is 23.4 Å². The van der Waals surface area contributed by atoms with E-state index in [0.717, 1.165) is 4.90 Å². The molecule has 24 heavy (non-hydrogen) atoms. The third-order valence-electron chi connectivity index (χ3n) is 4.36. The summed E-state index contributed by atoms with van der Waals surface area (Å²) < 4.78 is 11.4. The number of nitro benzene ring substituents is 1. The lowest BCUT2D eigenvalue weighted by molar-refractivity contribution is -0.384. The molecule has 7 nitrogen and oxygen atoms in total. The number of thioether (sulfide) groups is 1. The molecule has 0 saturated carbocycles. The third-order valence-corrected chi connectivity index (χ3v) is 5.46. The zero-order valence-electron chi connectivity index (χ0n) is 13.5. The van der Waals surface area contributed by atoms with Gasteiger partial charge in [-0.15, -0.1) is 11.8 Å². The van der Waals surface area contributed by atoms with Gasteiger partial charge in [0.25, 0.3) is 5.69 Å². The Morgan fingerprint density at radius 2 is 1.83 bits per heavy atom. The van der Waals surface area contributed by atoms with Gasteiger partial charge < -0.3 is 14.4 Å². The van der Waals surface area contributed by atoms with Crippen LogP contribution in [0.2, 0.25) is 0 Å². The highest BCUT2D eigenvalue weighted by Crippen LogP contribution is 2.33. The quantitative estimate of drug-likeness (QED) is 0.470. The highest BCUT2D eigenvalue weighted by atomic mass is 32.2. The van der Waals surface area contributed by atoms with Gasteiger partial charge in [0.2, 0.25) is 5.91 Å². The van der Waals surface area contributed by atoms with E-state index >= 15 is 0 Å². The molecule has 1 unspecified atom stereocenters. The maximum absolute atomic E-state index is 12.6. The Balaban J connectivity index is 1.54. The Morgan fingerprint density at radius 3 is 2.38 bits per heavy atom. The summed E-state index contributed by atoms with van der Waals surface area (Å²) in [5, 5.41) is 10.4. The van der Waals surface area contributed by atoms with Crippen LogP contribution in [0.15, 0.2) is 29.2 Å². The number of nitrogens with zero attached hydrogens (tertiary/aromatic N) is 2. The zero-order valence-corrected chi connectivity index (χ0v) is 14.3. The second kappa shape index (κ2) is 7.08. The summed E-state index contributed by atoms with van der Waals surface area (Å²) in [4.78, 5) is 25.5. The number of carbonyl (C=O) groups is 1. The van der Waals surface area contributed by atoms with E-state index in [1.807, 2.05) is 11.8 Å². The second-order valence-corrected chi connectivity index (χ2v) is 7.36. The van der Waals surface area contributed by atoms with Gasteiger partial charge in [-0.1, -0.05) is 0 Å². The number of hydrogen-bond acceptors (Lipinski definition) is 6. The first-order chi connectivity index (χ1) is 11.5.